The molecule has 0 atom stereocenters. The lowest BCUT2D eigenvalue weighted by Crippen LogP contribution is -1.97. The van der Waals surface area contributed by atoms with Crippen molar-refractivity contribution in [3.63, 3.8) is 0 Å². The highest BCUT2D eigenvalue weighted by Crippen LogP contribution is 2.27. The second kappa shape index (κ2) is 4.14. The molecule has 0 aliphatic carbocycles. The Labute approximate surface area is 93.3 Å². The minimum Gasteiger partial charge on any atom is -0.480 e. The molecule has 0 spiro atoms. The number of nitrogens with two attached hydrogens (primary N) is 1. The van der Waals surface area contributed by atoms with E-state index in [-0.39, 0.29) is 0 Å². The molecular formula is C11H12N4O. The maximum absolute atomic E-state index is 5.59. The molecule has 0 bridgehead atoms. The van der Waals surface area contributed by atoms with Crippen molar-refractivity contribution in [1.29, 1.82) is 0 Å². The predicted octanol–water partition coefficient (Wildman–Crippen LogP) is 1.44. The molecule has 5 nitrogen and oxygen atoms in total. The number of ether oxygens (including phenoxy) is 1. The molecule has 2 aromatic rings. The van der Waals surface area contributed by atoms with Gasteiger partial charge >= 0.3 is 0 Å². The van der Waals surface area contributed by atoms with Crippen LogP contribution in [0.25, 0.3) is 11.3 Å². The lowest BCUT2D eigenvalue weighted by molar-refractivity contribution is 0.400. The standard InChI is InChI=1S/C11H12N4O/c1-7-5-9(14-6-13-7)8-3-4-10(12)15-11(8)16-2/h3-6H,1-2H3,(H2,12,15). The summed E-state index contributed by atoms with van der Waals surface area (Å²) < 4.78 is 5.17. The number of nitrogen functional groups attached to an aromatic ring is 1. The minimum atomic E-state index is 0.423. The van der Waals surface area contributed by atoms with E-state index < -0.39 is 0 Å². The van der Waals surface area contributed by atoms with E-state index >= 15 is 0 Å². The quantitative estimate of drug-likeness (QED) is 0.822. The smallest absolute Gasteiger partial charge is 0.224 e. The highest BCUT2D eigenvalue weighted by Gasteiger charge is 2.09. The van der Waals surface area contributed by atoms with Gasteiger partial charge in [-0.2, -0.15) is 4.98 Å². The number of aryl methyl sites for hydroxylation is 1. The van der Waals surface area contributed by atoms with Crippen molar-refractivity contribution in [2.45, 2.75) is 6.92 Å². The second-order valence-corrected chi connectivity index (χ2v) is 3.34. The van der Waals surface area contributed by atoms with E-state index in [1.807, 2.05) is 19.1 Å². The molecule has 5 heteroatoms. The van der Waals surface area contributed by atoms with Crippen LogP contribution in [0.15, 0.2) is 24.5 Å². The van der Waals surface area contributed by atoms with E-state index in [1.54, 1.807) is 13.2 Å². The van der Waals surface area contributed by atoms with Crippen LogP contribution in [0.3, 0.4) is 0 Å². The maximum Gasteiger partial charge on any atom is 0.224 e. The van der Waals surface area contributed by atoms with Crippen molar-refractivity contribution in [1.82, 2.24) is 15.0 Å². The average molecular weight is 216 g/mol. The fourth-order valence-corrected chi connectivity index (χ4v) is 1.41. The minimum absolute atomic E-state index is 0.423. The molecule has 0 radical (unpaired) electrons. The summed E-state index contributed by atoms with van der Waals surface area (Å²) in [5, 5.41) is 0. The molecule has 2 heterocycles. The van der Waals surface area contributed by atoms with Crippen LogP contribution in [0, 0.1) is 6.92 Å². The van der Waals surface area contributed by atoms with Crippen LogP contribution in [-0.4, -0.2) is 22.1 Å². The summed E-state index contributed by atoms with van der Waals surface area (Å²) in [6, 6.07) is 5.42. The van der Waals surface area contributed by atoms with Gasteiger partial charge < -0.3 is 10.5 Å². The second-order valence-electron chi connectivity index (χ2n) is 3.34. The third-order valence-electron chi connectivity index (χ3n) is 2.15. The Morgan fingerprint density at radius 3 is 2.75 bits per heavy atom. The van der Waals surface area contributed by atoms with Gasteiger partial charge in [-0.15, -0.1) is 0 Å². The number of anilines is 1. The number of pyridine rings is 1. The predicted molar refractivity (Wildman–Crippen MR) is 61.0 cm³/mol. The highest BCUT2D eigenvalue weighted by molar-refractivity contribution is 5.66. The third-order valence-corrected chi connectivity index (χ3v) is 2.15. The zero-order valence-electron chi connectivity index (χ0n) is 9.14. The van der Waals surface area contributed by atoms with Crippen molar-refractivity contribution >= 4 is 5.82 Å². The van der Waals surface area contributed by atoms with Crippen molar-refractivity contribution < 1.29 is 4.74 Å². The van der Waals surface area contributed by atoms with E-state index in [0.717, 1.165) is 17.0 Å². The lowest BCUT2D eigenvalue weighted by Gasteiger charge is -2.07. The monoisotopic (exact) mass is 216 g/mol. The van der Waals surface area contributed by atoms with Crippen molar-refractivity contribution in [2.75, 3.05) is 12.8 Å². The molecule has 0 aliphatic rings. The van der Waals surface area contributed by atoms with Gasteiger partial charge in [0, 0.05) is 5.69 Å². The van der Waals surface area contributed by atoms with Gasteiger partial charge in [-0.25, -0.2) is 9.97 Å². The first-order valence-electron chi connectivity index (χ1n) is 4.80. The Balaban J connectivity index is 2.55. The Hall–Kier alpha value is -2.17. The average Bonchev–Trinajstić information content (AvgIpc) is 2.28. The van der Waals surface area contributed by atoms with E-state index in [4.69, 9.17) is 10.5 Å². The molecule has 0 amide bonds. The van der Waals surface area contributed by atoms with Gasteiger partial charge in [0.2, 0.25) is 5.88 Å². The molecule has 0 aromatic carbocycles. The molecule has 82 valence electrons. The van der Waals surface area contributed by atoms with Crippen molar-refractivity contribution in [2.24, 2.45) is 0 Å². The number of methoxy groups -OCH3 is 1. The van der Waals surface area contributed by atoms with Crippen LogP contribution in [0.4, 0.5) is 5.82 Å². The fourth-order valence-electron chi connectivity index (χ4n) is 1.41. The van der Waals surface area contributed by atoms with Crippen LogP contribution in [-0.2, 0) is 0 Å². The molecule has 0 saturated heterocycles. The molecule has 2 aromatic heterocycles. The third kappa shape index (κ3) is 1.93. The van der Waals surface area contributed by atoms with Crippen LogP contribution in [0.2, 0.25) is 0 Å². The fraction of sp³-hybridized carbons (Fsp3) is 0.182. The van der Waals surface area contributed by atoms with Gasteiger partial charge in [0.25, 0.3) is 0 Å². The van der Waals surface area contributed by atoms with Crippen LogP contribution < -0.4 is 10.5 Å². The number of hydrogen-bond acceptors (Lipinski definition) is 5. The Kier molecular flexibility index (Phi) is 2.68. The highest BCUT2D eigenvalue weighted by atomic mass is 16.5. The summed E-state index contributed by atoms with van der Waals surface area (Å²) in [4.78, 5) is 12.3. The van der Waals surface area contributed by atoms with E-state index in [9.17, 15) is 0 Å². The molecule has 0 unspecified atom stereocenters. The molecule has 0 saturated carbocycles. The van der Waals surface area contributed by atoms with Crippen LogP contribution in [0.1, 0.15) is 5.69 Å². The number of hydrogen-bond donors (Lipinski definition) is 1. The summed E-state index contributed by atoms with van der Waals surface area (Å²) in [6.45, 7) is 1.91. The topological polar surface area (TPSA) is 73.9 Å². The summed E-state index contributed by atoms with van der Waals surface area (Å²) in [7, 11) is 1.55. The van der Waals surface area contributed by atoms with Gasteiger partial charge in [0.05, 0.1) is 18.4 Å². The molecule has 0 aliphatic heterocycles. The van der Waals surface area contributed by atoms with Gasteiger partial charge in [-0.1, -0.05) is 0 Å². The van der Waals surface area contributed by atoms with Gasteiger partial charge in [0.15, 0.2) is 0 Å². The van der Waals surface area contributed by atoms with Gasteiger partial charge in [0.1, 0.15) is 12.1 Å². The number of rotatable bonds is 2. The zero-order chi connectivity index (χ0) is 11.5. The maximum atomic E-state index is 5.59. The first kappa shape index (κ1) is 10.4. The first-order chi connectivity index (χ1) is 7.70. The molecule has 0 fully saturated rings. The van der Waals surface area contributed by atoms with Crippen LogP contribution in [0.5, 0.6) is 5.88 Å². The van der Waals surface area contributed by atoms with Gasteiger partial charge in [-0.05, 0) is 25.1 Å². The van der Waals surface area contributed by atoms with Crippen molar-refractivity contribution in [3.05, 3.63) is 30.2 Å². The molecule has 16 heavy (non-hydrogen) atoms. The van der Waals surface area contributed by atoms with E-state index in [1.165, 1.54) is 6.33 Å². The summed E-state index contributed by atoms with van der Waals surface area (Å²) >= 11 is 0. The normalized spacial score (nSPS) is 10.1. The molecule has 2 rings (SSSR count). The zero-order valence-corrected chi connectivity index (χ0v) is 9.14. The van der Waals surface area contributed by atoms with Gasteiger partial charge in [-0.3, -0.25) is 0 Å². The van der Waals surface area contributed by atoms with E-state index in [0.29, 0.717) is 11.7 Å². The molecule has 2 N–H and O–H groups in total. The van der Waals surface area contributed by atoms with Crippen LogP contribution >= 0.6 is 0 Å². The van der Waals surface area contributed by atoms with Crippen molar-refractivity contribution in [3.8, 4) is 17.1 Å². The summed E-state index contributed by atoms with van der Waals surface area (Å²) in [5.41, 5.74) is 8.06. The summed E-state index contributed by atoms with van der Waals surface area (Å²) in [5.74, 6) is 0.893. The Bertz CT molecular complexity index is 513. The Morgan fingerprint density at radius 2 is 2.06 bits per heavy atom. The SMILES string of the molecule is COc1nc(N)ccc1-c1cc(C)ncn1. The van der Waals surface area contributed by atoms with E-state index in [2.05, 4.69) is 15.0 Å². The molecular weight excluding hydrogens is 204 g/mol. The number of aromatic nitrogens is 3. The first-order valence-corrected chi connectivity index (χ1v) is 4.80. The lowest BCUT2D eigenvalue weighted by atomic mass is 10.2. The Morgan fingerprint density at radius 1 is 1.25 bits per heavy atom. The number of nitrogens with zero attached hydrogens (tertiary/aromatic N) is 3. The largest absolute Gasteiger partial charge is 0.480 e. The summed E-state index contributed by atoms with van der Waals surface area (Å²) in [6.07, 6.45) is 1.51.